The predicted octanol–water partition coefficient (Wildman–Crippen LogP) is 14.1. The standard InChI is InChI=1S/C51H31N3OS/c1-2-12-34(13-3-1)51-53-44(30-45(54-51)38-16-5-4-15-36(38)35-14-11-29-52-31-35)33-25-23-32(24-26-33)37-27-28-40(48-43-18-6-8-21-46(43)55-49(37)48)42-20-10-19-41-39-17-7-9-22-47(39)56-50(41)42/h1-31H. The number of aromatic nitrogens is 3. The summed E-state index contributed by atoms with van der Waals surface area (Å²) in [5, 5.41) is 4.83. The van der Waals surface area contributed by atoms with Crippen LogP contribution in [-0.2, 0) is 0 Å². The van der Waals surface area contributed by atoms with Crippen molar-refractivity contribution in [2.45, 2.75) is 0 Å². The van der Waals surface area contributed by atoms with Crippen molar-refractivity contribution < 1.29 is 4.42 Å². The Bertz CT molecular complexity index is 3240. The Morgan fingerprint density at radius 3 is 1.96 bits per heavy atom. The summed E-state index contributed by atoms with van der Waals surface area (Å²) in [4.78, 5) is 14.6. The number of nitrogens with zero attached hydrogens (tertiary/aromatic N) is 3. The summed E-state index contributed by atoms with van der Waals surface area (Å²) in [6, 6.07) is 61.6. The van der Waals surface area contributed by atoms with Crippen molar-refractivity contribution in [3.05, 3.63) is 188 Å². The first-order valence-electron chi connectivity index (χ1n) is 18.7. The van der Waals surface area contributed by atoms with Gasteiger partial charge in [0.2, 0.25) is 0 Å². The number of fused-ring (bicyclic) bond motifs is 6. The van der Waals surface area contributed by atoms with Gasteiger partial charge in [0.1, 0.15) is 11.2 Å². The van der Waals surface area contributed by atoms with Crippen LogP contribution < -0.4 is 0 Å². The maximum Gasteiger partial charge on any atom is 0.160 e. The molecular formula is C51H31N3OS. The monoisotopic (exact) mass is 733 g/mol. The maximum absolute atomic E-state index is 6.74. The summed E-state index contributed by atoms with van der Waals surface area (Å²) in [7, 11) is 0. The van der Waals surface area contributed by atoms with Gasteiger partial charge in [-0.15, -0.1) is 11.3 Å². The summed E-state index contributed by atoms with van der Waals surface area (Å²) in [5.74, 6) is 0.677. The molecule has 0 aliphatic heterocycles. The molecule has 262 valence electrons. The summed E-state index contributed by atoms with van der Waals surface area (Å²) < 4.78 is 9.33. The third kappa shape index (κ3) is 5.40. The van der Waals surface area contributed by atoms with Crippen LogP contribution in [-0.4, -0.2) is 15.0 Å². The second-order valence-electron chi connectivity index (χ2n) is 13.9. The quantitative estimate of drug-likeness (QED) is 0.171. The van der Waals surface area contributed by atoms with Gasteiger partial charge in [-0.25, -0.2) is 9.97 Å². The minimum atomic E-state index is 0.677. The van der Waals surface area contributed by atoms with Gasteiger partial charge in [0, 0.05) is 76.7 Å². The molecule has 4 aromatic heterocycles. The van der Waals surface area contributed by atoms with Crippen LogP contribution in [0.3, 0.4) is 0 Å². The lowest BCUT2D eigenvalue weighted by molar-refractivity contribution is 0.670. The van der Waals surface area contributed by atoms with Crippen LogP contribution in [0.1, 0.15) is 0 Å². The Kier molecular flexibility index (Phi) is 7.64. The van der Waals surface area contributed by atoms with Gasteiger partial charge in [0.15, 0.2) is 5.82 Å². The second-order valence-corrected chi connectivity index (χ2v) is 15.0. The molecule has 0 N–H and O–H groups in total. The van der Waals surface area contributed by atoms with Crippen LogP contribution in [0.5, 0.6) is 0 Å². The lowest BCUT2D eigenvalue weighted by atomic mass is 9.93. The van der Waals surface area contributed by atoms with Gasteiger partial charge in [-0.2, -0.15) is 0 Å². The highest BCUT2D eigenvalue weighted by Crippen LogP contribution is 2.46. The van der Waals surface area contributed by atoms with Gasteiger partial charge in [0.05, 0.1) is 11.4 Å². The molecule has 0 amide bonds. The molecule has 11 rings (SSSR count). The Labute approximate surface area is 327 Å². The Morgan fingerprint density at radius 1 is 0.429 bits per heavy atom. The zero-order valence-electron chi connectivity index (χ0n) is 30.1. The number of benzene rings is 7. The van der Waals surface area contributed by atoms with E-state index < -0.39 is 0 Å². The molecule has 0 aliphatic rings. The van der Waals surface area contributed by atoms with E-state index in [0.717, 1.165) is 72.3 Å². The number of hydrogen-bond acceptors (Lipinski definition) is 5. The van der Waals surface area contributed by atoms with Gasteiger partial charge in [0.25, 0.3) is 0 Å². The lowest BCUT2D eigenvalue weighted by Crippen LogP contribution is -1.97. The number of furan rings is 1. The fourth-order valence-corrected chi connectivity index (χ4v) is 9.22. The van der Waals surface area contributed by atoms with E-state index >= 15 is 0 Å². The van der Waals surface area contributed by atoms with Crippen LogP contribution in [0.25, 0.3) is 109 Å². The summed E-state index contributed by atoms with van der Waals surface area (Å²) >= 11 is 1.85. The molecule has 0 saturated heterocycles. The molecule has 0 unspecified atom stereocenters. The van der Waals surface area contributed by atoms with Gasteiger partial charge in [-0.3, -0.25) is 4.98 Å². The van der Waals surface area contributed by atoms with Crippen LogP contribution in [0.15, 0.2) is 193 Å². The van der Waals surface area contributed by atoms with Crippen LogP contribution in [0, 0.1) is 0 Å². The fraction of sp³-hybridized carbons (Fsp3) is 0. The smallest absolute Gasteiger partial charge is 0.160 e. The fourth-order valence-electron chi connectivity index (χ4n) is 7.99. The van der Waals surface area contributed by atoms with Crippen LogP contribution >= 0.6 is 11.3 Å². The average Bonchev–Trinajstić information content (AvgIpc) is 3.86. The normalized spacial score (nSPS) is 11.6. The molecule has 0 fully saturated rings. The van der Waals surface area contributed by atoms with Crippen LogP contribution in [0.2, 0.25) is 0 Å². The first-order chi connectivity index (χ1) is 27.8. The SMILES string of the molecule is c1ccc(-c2nc(-c3ccc(-c4ccc(-c5cccc6c5sc5ccccc56)c5c4oc4ccccc45)cc3)cc(-c3ccccc3-c3cccnc3)n2)cc1. The molecule has 4 heterocycles. The van der Waals surface area contributed by atoms with E-state index in [1.165, 1.54) is 31.3 Å². The molecule has 0 spiro atoms. The number of para-hydroxylation sites is 1. The van der Waals surface area contributed by atoms with Crippen molar-refractivity contribution in [2.24, 2.45) is 0 Å². The van der Waals surface area contributed by atoms with E-state index in [1.54, 1.807) is 6.20 Å². The Balaban J connectivity index is 1.05. The van der Waals surface area contributed by atoms with E-state index in [1.807, 2.05) is 47.9 Å². The molecule has 7 aromatic carbocycles. The molecule has 0 aliphatic carbocycles. The largest absolute Gasteiger partial charge is 0.455 e. The predicted molar refractivity (Wildman–Crippen MR) is 233 cm³/mol. The number of pyridine rings is 1. The van der Waals surface area contributed by atoms with E-state index in [2.05, 4.69) is 151 Å². The highest BCUT2D eigenvalue weighted by molar-refractivity contribution is 7.26. The van der Waals surface area contributed by atoms with E-state index in [9.17, 15) is 0 Å². The van der Waals surface area contributed by atoms with Crippen molar-refractivity contribution in [3.63, 3.8) is 0 Å². The molecule has 0 atom stereocenters. The summed E-state index contributed by atoms with van der Waals surface area (Å²) in [5.41, 5.74) is 13.1. The topological polar surface area (TPSA) is 51.8 Å². The minimum absolute atomic E-state index is 0.677. The highest BCUT2D eigenvalue weighted by Gasteiger charge is 2.20. The third-order valence-electron chi connectivity index (χ3n) is 10.6. The maximum atomic E-state index is 6.74. The molecule has 4 nitrogen and oxygen atoms in total. The number of rotatable bonds is 6. The van der Waals surface area contributed by atoms with Gasteiger partial charge < -0.3 is 4.42 Å². The molecule has 5 heteroatoms. The second kappa shape index (κ2) is 13.3. The van der Waals surface area contributed by atoms with Gasteiger partial charge in [-0.05, 0) is 47.0 Å². The zero-order chi connectivity index (χ0) is 37.0. The number of thiophene rings is 1. The molecule has 56 heavy (non-hydrogen) atoms. The number of hydrogen-bond donors (Lipinski definition) is 0. The van der Waals surface area contributed by atoms with Crippen LogP contribution in [0.4, 0.5) is 0 Å². The average molecular weight is 734 g/mol. The van der Waals surface area contributed by atoms with E-state index in [0.29, 0.717) is 5.82 Å². The Hall–Kier alpha value is -7.21. The van der Waals surface area contributed by atoms with Crippen molar-refractivity contribution in [2.75, 3.05) is 0 Å². The summed E-state index contributed by atoms with van der Waals surface area (Å²) in [6.45, 7) is 0. The summed E-state index contributed by atoms with van der Waals surface area (Å²) in [6.07, 6.45) is 3.69. The van der Waals surface area contributed by atoms with E-state index in [4.69, 9.17) is 14.4 Å². The van der Waals surface area contributed by atoms with Gasteiger partial charge in [-0.1, -0.05) is 146 Å². The van der Waals surface area contributed by atoms with Gasteiger partial charge >= 0.3 is 0 Å². The van der Waals surface area contributed by atoms with E-state index in [-0.39, 0.29) is 0 Å². The lowest BCUT2D eigenvalue weighted by Gasteiger charge is -2.13. The Morgan fingerprint density at radius 2 is 1.11 bits per heavy atom. The first kappa shape index (κ1) is 32.2. The van der Waals surface area contributed by atoms with Crippen molar-refractivity contribution >= 4 is 53.4 Å². The molecule has 0 radical (unpaired) electrons. The minimum Gasteiger partial charge on any atom is -0.455 e. The molecular weight excluding hydrogens is 703 g/mol. The van der Waals surface area contributed by atoms with Crippen molar-refractivity contribution in [1.82, 2.24) is 15.0 Å². The molecule has 0 bridgehead atoms. The van der Waals surface area contributed by atoms with Crippen molar-refractivity contribution in [3.8, 4) is 67.3 Å². The highest BCUT2D eigenvalue weighted by atomic mass is 32.1. The van der Waals surface area contributed by atoms with Crippen molar-refractivity contribution in [1.29, 1.82) is 0 Å². The molecule has 0 saturated carbocycles. The first-order valence-corrected chi connectivity index (χ1v) is 19.5. The molecule has 11 aromatic rings. The third-order valence-corrected chi connectivity index (χ3v) is 11.9. The zero-order valence-corrected chi connectivity index (χ0v) is 30.9.